The van der Waals surface area contributed by atoms with Crippen LogP contribution in [0.3, 0.4) is 0 Å². The standard InChI is InChI=1S/C12H16O6S/c1-3-17-10(14)12-7-4-5-11(12,2)18-9(13)8(12)19(15,16)6-7/h7-8H,3-6H2,1-2H3/t7-,8-,11-,12-/m0/s1. The molecule has 0 amide bonds. The van der Waals surface area contributed by atoms with Crippen molar-refractivity contribution in [3.05, 3.63) is 0 Å². The Bertz CT molecular complexity index is 567. The highest BCUT2D eigenvalue weighted by Gasteiger charge is 2.82. The van der Waals surface area contributed by atoms with Crippen molar-refractivity contribution in [3.8, 4) is 0 Å². The summed E-state index contributed by atoms with van der Waals surface area (Å²) >= 11 is 0. The number of carbonyl (C=O) groups excluding carboxylic acids is 2. The predicted molar refractivity (Wildman–Crippen MR) is 63.9 cm³/mol. The number of sulfone groups is 1. The molecule has 3 rings (SSSR count). The van der Waals surface area contributed by atoms with Gasteiger partial charge in [-0.05, 0) is 32.6 Å². The van der Waals surface area contributed by atoms with Crippen molar-refractivity contribution >= 4 is 21.8 Å². The first-order valence-electron chi connectivity index (χ1n) is 6.41. The summed E-state index contributed by atoms with van der Waals surface area (Å²) in [6.45, 7) is 3.47. The average molecular weight is 288 g/mol. The molecule has 0 aromatic rings. The maximum Gasteiger partial charge on any atom is 0.326 e. The number of ether oxygens (including phenoxy) is 2. The fraction of sp³-hybridized carbons (Fsp3) is 0.833. The monoisotopic (exact) mass is 288 g/mol. The second-order valence-corrected chi connectivity index (χ2v) is 7.82. The lowest BCUT2D eigenvalue weighted by atomic mass is 9.70. The van der Waals surface area contributed by atoms with Crippen molar-refractivity contribution < 1.29 is 27.5 Å². The largest absolute Gasteiger partial charge is 0.465 e. The average Bonchev–Trinajstić information content (AvgIpc) is 2.78. The maximum atomic E-state index is 12.4. The summed E-state index contributed by atoms with van der Waals surface area (Å²) in [5.41, 5.74) is -2.38. The molecule has 2 aliphatic heterocycles. The van der Waals surface area contributed by atoms with Gasteiger partial charge in [0, 0.05) is 0 Å². The summed E-state index contributed by atoms with van der Waals surface area (Å²) in [5.74, 6) is -1.89. The van der Waals surface area contributed by atoms with E-state index >= 15 is 0 Å². The van der Waals surface area contributed by atoms with E-state index in [0.717, 1.165) is 0 Å². The van der Waals surface area contributed by atoms with Crippen LogP contribution in [0.15, 0.2) is 0 Å². The Morgan fingerprint density at radius 3 is 2.84 bits per heavy atom. The van der Waals surface area contributed by atoms with Crippen LogP contribution < -0.4 is 0 Å². The summed E-state index contributed by atoms with van der Waals surface area (Å²) in [4.78, 5) is 24.4. The van der Waals surface area contributed by atoms with Crippen molar-refractivity contribution in [2.75, 3.05) is 12.4 Å². The molecule has 3 aliphatic rings. The minimum absolute atomic E-state index is 0.124. The summed E-state index contributed by atoms with van der Waals surface area (Å²) in [5, 5.41) is -1.38. The Morgan fingerprint density at radius 1 is 1.53 bits per heavy atom. The fourth-order valence-corrected chi connectivity index (χ4v) is 6.79. The first-order chi connectivity index (χ1) is 8.79. The van der Waals surface area contributed by atoms with E-state index in [-0.39, 0.29) is 18.3 Å². The van der Waals surface area contributed by atoms with Gasteiger partial charge in [-0.15, -0.1) is 0 Å². The quantitative estimate of drug-likeness (QED) is 0.668. The van der Waals surface area contributed by atoms with Gasteiger partial charge >= 0.3 is 11.9 Å². The Hall–Kier alpha value is -1.11. The molecule has 0 unspecified atom stereocenters. The van der Waals surface area contributed by atoms with Crippen LogP contribution in [-0.2, 0) is 28.9 Å². The van der Waals surface area contributed by atoms with Gasteiger partial charge in [-0.25, -0.2) is 8.42 Å². The molecular weight excluding hydrogens is 272 g/mol. The van der Waals surface area contributed by atoms with Crippen molar-refractivity contribution in [1.29, 1.82) is 0 Å². The van der Waals surface area contributed by atoms with Crippen LogP contribution >= 0.6 is 0 Å². The molecule has 0 spiro atoms. The molecule has 19 heavy (non-hydrogen) atoms. The van der Waals surface area contributed by atoms with Gasteiger partial charge in [-0.1, -0.05) is 0 Å². The van der Waals surface area contributed by atoms with E-state index in [0.29, 0.717) is 12.8 Å². The van der Waals surface area contributed by atoms with E-state index in [1.807, 2.05) is 0 Å². The molecule has 1 aliphatic carbocycles. The Labute approximate surface area is 111 Å². The van der Waals surface area contributed by atoms with Gasteiger partial charge in [0.2, 0.25) is 0 Å². The summed E-state index contributed by atoms with van der Waals surface area (Å²) in [7, 11) is -3.64. The first kappa shape index (κ1) is 12.9. The third-order valence-electron chi connectivity index (χ3n) is 4.85. The van der Waals surface area contributed by atoms with Crippen LogP contribution in [0.2, 0.25) is 0 Å². The van der Waals surface area contributed by atoms with Gasteiger partial charge in [0.05, 0.1) is 12.4 Å². The predicted octanol–water partition coefficient (Wildman–Crippen LogP) is 0.0584. The van der Waals surface area contributed by atoms with Gasteiger partial charge in [-0.2, -0.15) is 0 Å². The van der Waals surface area contributed by atoms with E-state index in [1.54, 1.807) is 13.8 Å². The number of rotatable bonds is 2. The second-order valence-electron chi connectivity index (χ2n) is 5.69. The van der Waals surface area contributed by atoms with Crippen LogP contribution in [0.4, 0.5) is 0 Å². The molecule has 2 heterocycles. The van der Waals surface area contributed by atoms with Crippen molar-refractivity contribution in [1.82, 2.24) is 0 Å². The van der Waals surface area contributed by atoms with Gasteiger partial charge in [0.15, 0.2) is 15.1 Å². The van der Waals surface area contributed by atoms with Gasteiger partial charge in [0.25, 0.3) is 0 Å². The normalized spacial score (nSPS) is 45.9. The van der Waals surface area contributed by atoms with E-state index < -0.39 is 38.0 Å². The lowest BCUT2D eigenvalue weighted by Crippen LogP contribution is -2.52. The van der Waals surface area contributed by atoms with E-state index in [4.69, 9.17) is 9.47 Å². The lowest BCUT2D eigenvalue weighted by molar-refractivity contribution is -0.166. The zero-order valence-electron chi connectivity index (χ0n) is 10.8. The Kier molecular flexibility index (Phi) is 2.38. The second kappa shape index (κ2) is 3.50. The van der Waals surface area contributed by atoms with Crippen LogP contribution in [0.1, 0.15) is 26.7 Å². The molecule has 0 aromatic carbocycles. The molecule has 0 N–H and O–H groups in total. The summed E-state index contributed by atoms with van der Waals surface area (Å²) < 4.78 is 34.8. The number of hydrogen-bond donors (Lipinski definition) is 0. The van der Waals surface area contributed by atoms with Gasteiger partial charge in [0.1, 0.15) is 11.0 Å². The van der Waals surface area contributed by atoms with E-state index in [9.17, 15) is 18.0 Å². The van der Waals surface area contributed by atoms with Crippen LogP contribution in [0, 0.1) is 11.3 Å². The molecule has 7 heteroatoms. The van der Waals surface area contributed by atoms with E-state index in [1.165, 1.54) is 0 Å². The molecule has 0 bridgehead atoms. The molecule has 4 atom stereocenters. The Morgan fingerprint density at radius 2 is 2.21 bits per heavy atom. The molecular formula is C12H16O6S. The van der Waals surface area contributed by atoms with Crippen LogP contribution in [-0.4, -0.2) is 43.6 Å². The van der Waals surface area contributed by atoms with Gasteiger partial charge < -0.3 is 9.47 Å². The summed E-state index contributed by atoms with van der Waals surface area (Å²) in [6.07, 6.45) is 1.08. The zero-order chi connectivity index (χ0) is 14.1. The third kappa shape index (κ3) is 1.24. The number of carbonyl (C=O) groups is 2. The first-order valence-corrected chi connectivity index (χ1v) is 8.13. The van der Waals surface area contributed by atoms with Crippen molar-refractivity contribution in [2.24, 2.45) is 11.3 Å². The minimum atomic E-state index is -3.64. The molecule has 1 saturated carbocycles. The van der Waals surface area contributed by atoms with Gasteiger partial charge in [-0.3, -0.25) is 9.59 Å². The molecule has 3 fully saturated rings. The van der Waals surface area contributed by atoms with Crippen LogP contribution in [0.5, 0.6) is 0 Å². The van der Waals surface area contributed by atoms with Crippen molar-refractivity contribution in [2.45, 2.75) is 37.5 Å². The fourth-order valence-electron chi connectivity index (χ4n) is 4.17. The minimum Gasteiger partial charge on any atom is -0.465 e. The number of esters is 2. The van der Waals surface area contributed by atoms with E-state index in [2.05, 4.69) is 0 Å². The topological polar surface area (TPSA) is 86.7 Å². The SMILES string of the molecule is CCOC(=O)[C@@]12[C@H]3CC[C@]1(C)OC(=O)[C@@H]2S(=O)(=O)C3. The molecule has 106 valence electrons. The molecule has 2 saturated heterocycles. The zero-order valence-corrected chi connectivity index (χ0v) is 11.7. The van der Waals surface area contributed by atoms with Crippen LogP contribution in [0.25, 0.3) is 0 Å². The third-order valence-corrected chi connectivity index (χ3v) is 7.00. The highest BCUT2D eigenvalue weighted by atomic mass is 32.2. The lowest BCUT2D eigenvalue weighted by Gasteiger charge is -2.34. The molecule has 0 aromatic heterocycles. The number of hydrogen-bond acceptors (Lipinski definition) is 6. The highest BCUT2D eigenvalue weighted by molar-refractivity contribution is 7.93. The smallest absolute Gasteiger partial charge is 0.326 e. The Balaban J connectivity index is 2.23. The highest BCUT2D eigenvalue weighted by Crippen LogP contribution is 2.65. The molecule has 0 radical (unpaired) electrons. The maximum absolute atomic E-state index is 12.4. The van der Waals surface area contributed by atoms with Crippen molar-refractivity contribution in [3.63, 3.8) is 0 Å². The molecule has 6 nitrogen and oxygen atoms in total. The summed E-state index contributed by atoms with van der Waals surface area (Å²) in [6, 6.07) is 0.